The molecule has 2 amide bonds. The van der Waals surface area contributed by atoms with Crippen LogP contribution in [0, 0.1) is 13.8 Å². The van der Waals surface area contributed by atoms with Crippen LogP contribution < -0.4 is 5.32 Å². The molecule has 4 rings (SSSR count). The van der Waals surface area contributed by atoms with E-state index in [-0.39, 0.29) is 18.4 Å². The minimum absolute atomic E-state index is 0.0124. The zero-order valence-electron chi connectivity index (χ0n) is 15.9. The predicted octanol–water partition coefficient (Wildman–Crippen LogP) is 5.44. The van der Waals surface area contributed by atoms with Gasteiger partial charge in [-0.25, -0.2) is 0 Å². The van der Waals surface area contributed by atoms with Crippen molar-refractivity contribution < 1.29 is 9.59 Å². The number of benzene rings is 2. The number of rotatable bonds is 4. The van der Waals surface area contributed by atoms with Crippen molar-refractivity contribution in [2.45, 2.75) is 13.8 Å². The van der Waals surface area contributed by atoms with E-state index in [2.05, 4.69) is 17.4 Å². The topological polar surface area (TPSA) is 49.4 Å². The Hall–Kier alpha value is -2.70. The van der Waals surface area contributed by atoms with Gasteiger partial charge in [0.15, 0.2) is 0 Å². The summed E-state index contributed by atoms with van der Waals surface area (Å²) in [6.07, 6.45) is 0. The number of aryl methyl sites for hydroxylation is 1. The first kappa shape index (κ1) is 18.7. The molecule has 0 saturated carbocycles. The van der Waals surface area contributed by atoms with Gasteiger partial charge in [-0.3, -0.25) is 9.59 Å². The fourth-order valence-corrected chi connectivity index (χ4v) is 5.68. The van der Waals surface area contributed by atoms with Crippen molar-refractivity contribution in [3.05, 3.63) is 64.5 Å². The lowest BCUT2D eigenvalue weighted by Crippen LogP contribution is -2.34. The standard InChI is InChI=1S/C22H20N2O2S2/c1-13-7-6-9-16(14(13)2)23-20(25)12-24(3)22(26)19-11-18-21(28-19)15-8-4-5-10-17(15)27-18/h4-11H,12H2,1-3H3,(H,23,25). The number of likely N-dealkylation sites (N-methyl/N-ethyl adjacent to an activating group) is 1. The number of thiophene rings is 2. The van der Waals surface area contributed by atoms with Crippen LogP contribution in [0.4, 0.5) is 5.69 Å². The van der Waals surface area contributed by atoms with E-state index < -0.39 is 0 Å². The Kier molecular flexibility index (Phi) is 4.91. The predicted molar refractivity (Wildman–Crippen MR) is 119 cm³/mol. The van der Waals surface area contributed by atoms with Crippen LogP contribution in [0.15, 0.2) is 48.5 Å². The summed E-state index contributed by atoms with van der Waals surface area (Å²) in [6, 6.07) is 15.9. The molecule has 6 heteroatoms. The number of nitrogens with zero attached hydrogens (tertiary/aromatic N) is 1. The Balaban J connectivity index is 1.49. The highest BCUT2D eigenvalue weighted by atomic mass is 32.1. The second-order valence-corrected chi connectivity index (χ2v) is 9.00. The molecule has 0 fully saturated rings. The van der Waals surface area contributed by atoms with E-state index in [1.165, 1.54) is 26.3 Å². The molecule has 0 aliphatic heterocycles. The van der Waals surface area contributed by atoms with Crippen molar-refractivity contribution in [1.29, 1.82) is 0 Å². The fourth-order valence-electron chi connectivity index (χ4n) is 3.16. The minimum Gasteiger partial charge on any atom is -0.332 e. The van der Waals surface area contributed by atoms with Gasteiger partial charge in [0, 0.05) is 27.5 Å². The van der Waals surface area contributed by atoms with E-state index in [1.807, 2.05) is 50.2 Å². The monoisotopic (exact) mass is 408 g/mol. The van der Waals surface area contributed by atoms with E-state index in [0.717, 1.165) is 26.2 Å². The van der Waals surface area contributed by atoms with Crippen LogP contribution in [0.25, 0.3) is 19.5 Å². The quantitative estimate of drug-likeness (QED) is 0.489. The van der Waals surface area contributed by atoms with Crippen molar-refractivity contribution in [3.8, 4) is 0 Å². The first-order chi connectivity index (χ1) is 13.4. The second-order valence-electron chi connectivity index (χ2n) is 6.86. The number of amides is 2. The summed E-state index contributed by atoms with van der Waals surface area (Å²) in [4.78, 5) is 27.4. The summed E-state index contributed by atoms with van der Waals surface area (Å²) in [5.41, 5.74) is 2.94. The van der Waals surface area contributed by atoms with Gasteiger partial charge < -0.3 is 10.2 Å². The van der Waals surface area contributed by atoms with Crippen LogP contribution in [0.5, 0.6) is 0 Å². The largest absolute Gasteiger partial charge is 0.332 e. The summed E-state index contributed by atoms with van der Waals surface area (Å²) in [7, 11) is 1.66. The average molecular weight is 409 g/mol. The molecule has 0 atom stereocenters. The zero-order chi connectivity index (χ0) is 19.8. The molecule has 2 aromatic carbocycles. The molecule has 2 heterocycles. The molecule has 142 valence electrons. The van der Waals surface area contributed by atoms with Gasteiger partial charge in [0.25, 0.3) is 5.91 Å². The Morgan fingerprint density at radius 1 is 1.00 bits per heavy atom. The average Bonchev–Trinajstić information content (AvgIpc) is 3.22. The number of anilines is 1. The highest BCUT2D eigenvalue weighted by Crippen LogP contribution is 2.39. The third-order valence-corrected chi connectivity index (χ3v) is 7.27. The van der Waals surface area contributed by atoms with Crippen LogP contribution >= 0.6 is 22.7 Å². The van der Waals surface area contributed by atoms with Crippen molar-refractivity contribution in [2.24, 2.45) is 0 Å². The molecule has 28 heavy (non-hydrogen) atoms. The lowest BCUT2D eigenvalue weighted by atomic mass is 10.1. The number of fused-ring (bicyclic) bond motifs is 3. The summed E-state index contributed by atoms with van der Waals surface area (Å²) in [5, 5.41) is 4.09. The fraction of sp³-hybridized carbons (Fsp3) is 0.182. The van der Waals surface area contributed by atoms with E-state index in [9.17, 15) is 9.59 Å². The lowest BCUT2D eigenvalue weighted by Gasteiger charge is -2.17. The maximum atomic E-state index is 12.8. The van der Waals surface area contributed by atoms with E-state index in [1.54, 1.807) is 18.4 Å². The molecule has 0 spiro atoms. The summed E-state index contributed by atoms with van der Waals surface area (Å²) in [5.74, 6) is -0.332. The van der Waals surface area contributed by atoms with Gasteiger partial charge in [-0.15, -0.1) is 22.7 Å². The van der Waals surface area contributed by atoms with Gasteiger partial charge in [0.2, 0.25) is 5.91 Å². The van der Waals surface area contributed by atoms with Crippen LogP contribution in [-0.4, -0.2) is 30.3 Å². The van der Waals surface area contributed by atoms with Gasteiger partial charge in [0.05, 0.1) is 16.1 Å². The zero-order valence-corrected chi connectivity index (χ0v) is 17.5. The molecule has 0 radical (unpaired) electrons. The molecule has 1 N–H and O–H groups in total. The van der Waals surface area contributed by atoms with Crippen LogP contribution in [0.1, 0.15) is 20.8 Å². The van der Waals surface area contributed by atoms with Crippen molar-refractivity contribution >= 4 is 59.7 Å². The van der Waals surface area contributed by atoms with Crippen LogP contribution in [0.3, 0.4) is 0 Å². The Labute approximate surface area is 171 Å². The summed E-state index contributed by atoms with van der Waals surface area (Å²) in [6.45, 7) is 3.99. The SMILES string of the molecule is Cc1cccc(NC(=O)CN(C)C(=O)c2cc3sc4ccccc4c3s2)c1C. The van der Waals surface area contributed by atoms with E-state index in [4.69, 9.17) is 0 Å². The van der Waals surface area contributed by atoms with E-state index in [0.29, 0.717) is 4.88 Å². The van der Waals surface area contributed by atoms with Crippen molar-refractivity contribution in [3.63, 3.8) is 0 Å². The Morgan fingerprint density at radius 2 is 1.79 bits per heavy atom. The first-order valence-corrected chi connectivity index (χ1v) is 10.6. The lowest BCUT2D eigenvalue weighted by molar-refractivity contribution is -0.116. The molecule has 0 aliphatic carbocycles. The summed E-state index contributed by atoms with van der Waals surface area (Å²) < 4.78 is 3.48. The molecule has 4 nitrogen and oxygen atoms in total. The normalized spacial score (nSPS) is 11.1. The number of carbonyl (C=O) groups excluding carboxylic acids is 2. The minimum atomic E-state index is -0.201. The molecule has 0 bridgehead atoms. The van der Waals surface area contributed by atoms with Crippen molar-refractivity contribution in [2.75, 3.05) is 18.9 Å². The van der Waals surface area contributed by atoms with Gasteiger partial charge >= 0.3 is 0 Å². The highest BCUT2D eigenvalue weighted by Gasteiger charge is 2.19. The summed E-state index contributed by atoms with van der Waals surface area (Å²) >= 11 is 3.18. The van der Waals surface area contributed by atoms with Gasteiger partial charge in [-0.05, 0) is 43.2 Å². The maximum absolute atomic E-state index is 12.8. The highest BCUT2D eigenvalue weighted by molar-refractivity contribution is 7.33. The number of carbonyl (C=O) groups is 2. The number of nitrogens with one attached hydrogen (secondary N) is 1. The molecule has 0 aliphatic rings. The Bertz CT molecular complexity index is 1210. The number of hydrogen-bond donors (Lipinski definition) is 1. The Morgan fingerprint density at radius 3 is 2.61 bits per heavy atom. The third kappa shape index (κ3) is 3.41. The third-order valence-electron chi connectivity index (χ3n) is 4.87. The van der Waals surface area contributed by atoms with Gasteiger partial charge in [-0.1, -0.05) is 30.3 Å². The van der Waals surface area contributed by atoms with Gasteiger partial charge in [-0.2, -0.15) is 0 Å². The maximum Gasteiger partial charge on any atom is 0.264 e. The second kappa shape index (κ2) is 7.37. The smallest absolute Gasteiger partial charge is 0.264 e. The molecular formula is C22H20N2O2S2. The molecule has 0 saturated heterocycles. The molecule has 0 unspecified atom stereocenters. The van der Waals surface area contributed by atoms with E-state index >= 15 is 0 Å². The first-order valence-electron chi connectivity index (χ1n) is 8.96. The molecule has 4 aromatic rings. The molecular weight excluding hydrogens is 388 g/mol. The number of hydrogen-bond acceptors (Lipinski definition) is 4. The molecule has 2 aromatic heterocycles. The van der Waals surface area contributed by atoms with Gasteiger partial charge in [0.1, 0.15) is 0 Å². The van der Waals surface area contributed by atoms with Crippen LogP contribution in [-0.2, 0) is 4.79 Å². The van der Waals surface area contributed by atoms with Crippen molar-refractivity contribution in [1.82, 2.24) is 4.90 Å². The van der Waals surface area contributed by atoms with Crippen LogP contribution in [0.2, 0.25) is 0 Å².